The normalized spacial score (nSPS) is 10.2. The molecule has 2 N–H and O–H groups in total. The molecular formula is C15H15ClN2O3. The van der Waals surface area contributed by atoms with Gasteiger partial charge in [0.05, 0.1) is 12.2 Å². The first-order chi connectivity index (χ1) is 10.2. The maximum Gasteiger partial charge on any atom is 0.253 e. The molecule has 2 rings (SSSR count). The van der Waals surface area contributed by atoms with E-state index >= 15 is 0 Å². The van der Waals surface area contributed by atoms with E-state index in [0.29, 0.717) is 23.0 Å². The van der Waals surface area contributed by atoms with Crippen LogP contribution in [0.5, 0.6) is 5.75 Å². The zero-order valence-corrected chi connectivity index (χ0v) is 12.0. The predicted octanol–water partition coefficient (Wildman–Crippen LogP) is 2.04. The van der Waals surface area contributed by atoms with Crippen molar-refractivity contribution in [3.8, 4) is 5.75 Å². The third-order valence-electron chi connectivity index (χ3n) is 2.75. The lowest BCUT2D eigenvalue weighted by Gasteiger charge is -2.11. The maximum absolute atomic E-state index is 12.0. The number of aromatic nitrogens is 1. The highest BCUT2D eigenvalue weighted by Crippen LogP contribution is 2.17. The molecule has 0 aliphatic carbocycles. The third-order valence-corrected chi connectivity index (χ3v) is 2.97. The van der Waals surface area contributed by atoms with Crippen molar-refractivity contribution in [3.63, 3.8) is 0 Å². The van der Waals surface area contributed by atoms with Gasteiger partial charge < -0.3 is 15.2 Å². The van der Waals surface area contributed by atoms with Crippen LogP contribution in [0.15, 0.2) is 42.6 Å². The van der Waals surface area contributed by atoms with Gasteiger partial charge in [0.25, 0.3) is 5.91 Å². The molecule has 0 bridgehead atoms. The molecule has 0 aliphatic rings. The summed E-state index contributed by atoms with van der Waals surface area (Å²) >= 11 is 5.68. The molecule has 0 saturated carbocycles. The summed E-state index contributed by atoms with van der Waals surface area (Å²) in [5, 5.41) is 11.9. The monoisotopic (exact) mass is 306 g/mol. The number of nitrogens with one attached hydrogen (secondary N) is 1. The number of aliphatic hydroxyl groups is 1. The fraction of sp³-hybridized carbons (Fsp3) is 0.200. The fourth-order valence-electron chi connectivity index (χ4n) is 1.73. The molecule has 6 heteroatoms. The lowest BCUT2D eigenvalue weighted by atomic mass is 10.2. The zero-order chi connectivity index (χ0) is 15.1. The Bertz CT molecular complexity index is 602. The molecular weight excluding hydrogens is 292 g/mol. The van der Waals surface area contributed by atoms with Crippen LogP contribution in [0.25, 0.3) is 0 Å². The summed E-state index contributed by atoms with van der Waals surface area (Å²) in [6.07, 6.45) is 1.42. The van der Waals surface area contributed by atoms with Crippen LogP contribution in [0.3, 0.4) is 0 Å². The minimum atomic E-state index is -0.240. The molecule has 0 unspecified atom stereocenters. The van der Waals surface area contributed by atoms with Gasteiger partial charge in [0.1, 0.15) is 17.5 Å². The number of carbonyl (C=O) groups is 1. The van der Waals surface area contributed by atoms with Crippen molar-refractivity contribution < 1.29 is 14.6 Å². The van der Waals surface area contributed by atoms with Crippen LogP contribution in [-0.2, 0) is 6.54 Å². The number of amides is 1. The van der Waals surface area contributed by atoms with E-state index in [0.717, 1.165) is 5.56 Å². The lowest BCUT2D eigenvalue weighted by molar-refractivity contribution is 0.0950. The van der Waals surface area contributed by atoms with E-state index < -0.39 is 0 Å². The number of carbonyl (C=O) groups excluding carboxylic acids is 1. The molecule has 2 aromatic rings. The molecule has 5 nitrogen and oxygen atoms in total. The van der Waals surface area contributed by atoms with Gasteiger partial charge in [-0.3, -0.25) is 4.79 Å². The van der Waals surface area contributed by atoms with Crippen LogP contribution in [-0.4, -0.2) is 29.2 Å². The van der Waals surface area contributed by atoms with Crippen molar-refractivity contribution in [3.05, 3.63) is 58.9 Å². The number of nitrogens with zero attached hydrogens (tertiary/aromatic N) is 1. The number of benzene rings is 1. The van der Waals surface area contributed by atoms with Crippen LogP contribution in [0.2, 0.25) is 5.15 Å². The van der Waals surface area contributed by atoms with E-state index in [1.165, 1.54) is 6.20 Å². The second kappa shape index (κ2) is 7.61. The SMILES string of the molecule is O=C(NCc1ccccc1OCCO)c1ccc(Cl)nc1. The van der Waals surface area contributed by atoms with Crippen LogP contribution >= 0.6 is 11.6 Å². The Morgan fingerprint density at radius 3 is 2.81 bits per heavy atom. The summed E-state index contributed by atoms with van der Waals surface area (Å²) in [6, 6.07) is 10.5. The van der Waals surface area contributed by atoms with Crippen molar-refractivity contribution in [1.29, 1.82) is 0 Å². The van der Waals surface area contributed by atoms with Gasteiger partial charge in [-0.2, -0.15) is 0 Å². The largest absolute Gasteiger partial charge is 0.491 e. The smallest absolute Gasteiger partial charge is 0.253 e. The summed E-state index contributed by atoms with van der Waals surface area (Å²) in [5.41, 5.74) is 1.27. The van der Waals surface area contributed by atoms with E-state index in [1.54, 1.807) is 18.2 Å². The number of halogens is 1. The average Bonchev–Trinajstić information content (AvgIpc) is 2.52. The van der Waals surface area contributed by atoms with Gasteiger partial charge in [0.2, 0.25) is 0 Å². The van der Waals surface area contributed by atoms with Crippen molar-refractivity contribution in [2.75, 3.05) is 13.2 Å². The first kappa shape index (κ1) is 15.3. The summed E-state index contributed by atoms with van der Waals surface area (Å²) in [4.78, 5) is 15.8. The molecule has 0 atom stereocenters. The Kier molecular flexibility index (Phi) is 5.54. The van der Waals surface area contributed by atoms with Crippen molar-refractivity contribution >= 4 is 17.5 Å². The highest BCUT2D eigenvalue weighted by molar-refractivity contribution is 6.29. The standard InChI is InChI=1S/C15H15ClN2O3/c16-14-6-5-12(10-17-14)15(20)18-9-11-3-1-2-4-13(11)21-8-7-19/h1-6,10,19H,7-9H2,(H,18,20). The first-order valence-corrected chi connectivity index (χ1v) is 6.80. The first-order valence-electron chi connectivity index (χ1n) is 6.42. The van der Waals surface area contributed by atoms with Gasteiger partial charge in [0, 0.05) is 18.3 Å². The Balaban J connectivity index is 1.99. The molecule has 1 amide bonds. The van der Waals surface area contributed by atoms with Crippen LogP contribution < -0.4 is 10.1 Å². The molecule has 0 spiro atoms. The molecule has 1 heterocycles. The van der Waals surface area contributed by atoms with Gasteiger partial charge in [-0.25, -0.2) is 4.98 Å². The molecule has 21 heavy (non-hydrogen) atoms. The Hall–Kier alpha value is -2.11. The summed E-state index contributed by atoms with van der Waals surface area (Å²) < 4.78 is 5.41. The molecule has 0 fully saturated rings. The summed E-state index contributed by atoms with van der Waals surface area (Å²) in [7, 11) is 0. The number of ether oxygens (including phenoxy) is 1. The van der Waals surface area contributed by atoms with Crippen LogP contribution in [0.1, 0.15) is 15.9 Å². The molecule has 0 saturated heterocycles. The fourth-order valence-corrected chi connectivity index (χ4v) is 1.85. The van der Waals surface area contributed by atoms with Gasteiger partial charge in [-0.1, -0.05) is 29.8 Å². The van der Waals surface area contributed by atoms with E-state index in [9.17, 15) is 4.79 Å². The number of hydrogen-bond acceptors (Lipinski definition) is 4. The van der Waals surface area contributed by atoms with Gasteiger partial charge in [-0.15, -0.1) is 0 Å². The number of para-hydroxylation sites is 1. The average molecular weight is 307 g/mol. The minimum Gasteiger partial charge on any atom is -0.491 e. The molecule has 1 aromatic heterocycles. The number of pyridine rings is 1. The third kappa shape index (κ3) is 4.44. The lowest BCUT2D eigenvalue weighted by Crippen LogP contribution is -2.23. The Morgan fingerprint density at radius 2 is 2.10 bits per heavy atom. The van der Waals surface area contributed by atoms with E-state index in [1.807, 2.05) is 18.2 Å². The summed E-state index contributed by atoms with van der Waals surface area (Å²) in [5.74, 6) is 0.400. The number of hydrogen-bond donors (Lipinski definition) is 2. The van der Waals surface area contributed by atoms with E-state index in [2.05, 4.69) is 10.3 Å². The Labute approximate surface area is 127 Å². The van der Waals surface area contributed by atoms with Gasteiger partial charge >= 0.3 is 0 Å². The number of rotatable bonds is 6. The zero-order valence-electron chi connectivity index (χ0n) is 11.3. The second-order valence-electron chi connectivity index (χ2n) is 4.23. The molecule has 110 valence electrons. The highest BCUT2D eigenvalue weighted by Gasteiger charge is 2.08. The van der Waals surface area contributed by atoms with E-state index in [-0.39, 0.29) is 19.1 Å². The maximum atomic E-state index is 12.0. The predicted molar refractivity (Wildman–Crippen MR) is 79.4 cm³/mol. The van der Waals surface area contributed by atoms with E-state index in [4.69, 9.17) is 21.4 Å². The van der Waals surface area contributed by atoms with Gasteiger partial charge in [-0.05, 0) is 18.2 Å². The molecule has 0 radical (unpaired) electrons. The highest BCUT2D eigenvalue weighted by atomic mass is 35.5. The van der Waals surface area contributed by atoms with Gasteiger partial charge in [0.15, 0.2) is 0 Å². The number of aliphatic hydroxyl groups excluding tert-OH is 1. The topological polar surface area (TPSA) is 71.5 Å². The summed E-state index contributed by atoms with van der Waals surface area (Å²) in [6.45, 7) is 0.478. The quantitative estimate of drug-likeness (QED) is 0.801. The minimum absolute atomic E-state index is 0.0584. The van der Waals surface area contributed by atoms with Crippen LogP contribution in [0.4, 0.5) is 0 Å². The Morgan fingerprint density at radius 1 is 1.29 bits per heavy atom. The molecule has 1 aromatic carbocycles. The second-order valence-corrected chi connectivity index (χ2v) is 4.62. The van der Waals surface area contributed by atoms with Crippen LogP contribution in [0, 0.1) is 0 Å². The van der Waals surface area contributed by atoms with Crippen molar-refractivity contribution in [2.45, 2.75) is 6.54 Å². The van der Waals surface area contributed by atoms with Crippen molar-refractivity contribution in [1.82, 2.24) is 10.3 Å². The van der Waals surface area contributed by atoms with Crippen molar-refractivity contribution in [2.24, 2.45) is 0 Å². The molecule has 0 aliphatic heterocycles.